The van der Waals surface area contributed by atoms with Crippen LogP contribution < -0.4 is 14.9 Å². The standard InChI is InChI=1S/C27H20N2O3S2/c1-32-26(31)18-10-8-17(9-11-18)24-21-13-12-16-5-2-3-7-20(16)23(21)28-27-29(24)25(30)22(34-27)15-19-6-4-14-33-19/h2-11,14-15,24H,12-13H2,1H3/b22-15+. The van der Waals surface area contributed by atoms with Crippen molar-refractivity contribution in [2.75, 3.05) is 7.11 Å². The lowest BCUT2D eigenvalue weighted by Crippen LogP contribution is -2.38. The number of aryl methyl sites for hydroxylation is 1. The van der Waals surface area contributed by atoms with Crippen molar-refractivity contribution in [3.05, 3.63) is 118 Å². The molecule has 3 heterocycles. The third-order valence-corrected chi connectivity index (χ3v) is 8.14. The molecule has 0 amide bonds. The number of thiazole rings is 1. The highest BCUT2D eigenvalue weighted by atomic mass is 32.1. The molecule has 0 fully saturated rings. The zero-order chi connectivity index (χ0) is 23.2. The van der Waals surface area contributed by atoms with Gasteiger partial charge in [-0.1, -0.05) is 53.8 Å². The monoisotopic (exact) mass is 484 g/mol. The first-order valence-electron chi connectivity index (χ1n) is 11.0. The van der Waals surface area contributed by atoms with Crippen LogP contribution in [0.1, 0.15) is 44.4 Å². The summed E-state index contributed by atoms with van der Waals surface area (Å²) in [6.07, 6.45) is 3.68. The van der Waals surface area contributed by atoms with E-state index in [1.165, 1.54) is 24.0 Å². The van der Waals surface area contributed by atoms with Crippen molar-refractivity contribution in [3.8, 4) is 0 Å². The summed E-state index contributed by atoms with van der Waals surface area (Å²) in [6.45, 7) is 0. The molecule has 4 aromatic rings. The molecule has 2 aromatic carbocycles. The molecule has 34 heavy (non-hydrogen) atoms. The van der Waals surface area contributed by atoms with Gasteiger partial charge in [0.05, 0.1) is 28.9 Å². The van der Waals surface area contributed by atoms with Crippen LogP contribution in [0.4, 0.5) is 0 Å². The molecule has 2 aliphatic rings. The van der Waals surface area contributed by atoms with Crippen LogP contribution in [0.5, 0.6) is 0 Å². The van der Waals surface area contributed by atoms with E-state index >= 15 is 0 Å². The van der Waals surface area contributed by atoms with Gasteiger partial charge in [-0.2, -0.15) is 0 Å². The van der Waals surface area contributed by atoms with Crippen LogP contribution in [0.25, 0.3) is 11.8 Å². The Morgan fingerprint density at radius 1 is 1.09 bits per heavy atom. The molecular weight excluding hydrogens is 464 g/mol. The fourth-order valence-electron chi connectivity index (χ4n) is 4.74. The van der Waals surface area contributed by atoms with E-state index < -0.39 is 0 Å². The Balaban J connectivity index is 1.60. The van der Waals surface area contributed by atoms with Gasteiger partial charge in [-0.25, -0.2) is 9.79 Å². The zero-order valence-electron chi connectivity index (χ0n) is 18.4. The molecule has 7 heteroatoms. The molecule has 0 bridgehead atoms. The fourth-order valence-corrected chi connectivity index (χ4v) is 6.47. The van der Waals surface area contributed by atoms with Gasteiger partial charge in [0.15, 0.2) is 4.80 Å². The molecule has 1 aliphatic heterocycles. The van der Waals surface area contributed by atoms with E-state index in [0.29, 0.717) is 14.9 Å². The first-order valence-corrected chi connectivity index (χ1v) is 12.7. The molecule has 1 atom stereocenters. The van der Waals surface area contributed by atoms with Gasteiger partial charge in [0.1, 0.15) is 0 Å². The number of rotatable bonds is 3. The lowest BCUT2D eigenvalue weighted by atomic mass is 9.83. The Hall–Kier alpha value is -3.55. The van der Waals surface area contributed by atoms with E-state index in [0.717, 1.165) is 40.1 Å². The highest BCUT2D eigenvalue weighted by Crippen LogP contribution is 2.41. The highest BCUT2D eigenvalue weighted by Gasteiger charge is 2.32. The zero-order valence-corrected chi connectivity index (χ0v) is 20.0. The van der Waals surface area contributed by atoms with E-state index in [-0.39, 0.29) is 17.6 Å². The number of carbonyl (C=O) groups is 1. The van der Waals surface area contributed by atoms with E-state index in [4.69, 9.17) is 9.73 Å². The Kier molecular flexibility index (Phi) is 5.16. The molecular formula is C27H20N2O3S2. The molecule has 0 saturated carbocycles. The second kappa shape index (κ2) is 8.34. The van der Waals surface area contributed by atoms with Crippen LogP contribution in [0.15, 0.2) is 81.4 Å². The number of hydrogen-bond acceptors (Lipinski definition) is 6. The second-order valence-electron chi connectivity index (χ2n) is 8.24. The molecule has 0 saturated heterocycles. The average Bonchev–Trinajstić information content (AvgIpc) is 3.50. The molecule has 1 unspecified atom stereocenters. The lowest BCUT2D eigenvalue weighted by molar-refractivity contribution is 0.0600. The van der Waals surface area contributed by atoms with Crippen molar-refractivity contribution >= 4 is 40.4 Å². The number of benzene rings is 2. The van der Waals surface area contributed by atoms with Gasteiger partial charge >= 0.3 is 5.97 Å². The minimum atomic E-state index is -0.377. The topological polar surface area (TPSA) is 60.7 Å². The van der Waals surface area contributed by atoms with Crippen molar-refractivity contribution in [1.29, 1.82) is 0 Å². The number of nitrogens with zero attached hydrogens (tertiary/aromatic N) is 2. The normalized spacial score (nSPS) is 17.0. The molecule has 0 radical (unpaired) electrons. The quantitative estimate of drug-likeness (QED) is 0.410. The minimum Gasteiger partial charge on any atom is -0.465 e. The maximum atomic E-state index is 13.7. The van der Waals surface area contributed by atoms with Crippen molar-refractivity contribution < 1.29 is 9.53 Å². The molecule has 6 rings (SSSR count). The highest BCUT2D eigenvalue weighted by molar-refractivity contribution is 7.11. The number of aromatic nitrogens is 1. The summed E-state index contributed by atoms with van der Waals surface area (Å²) in [5.41, 5.74) is 5.92. The van der Waals surface area contributed by atoms with E-state index in [1.54, 1.807) is 23.5 Å². The molecule has 0 spiro atoms. The SMILES string of the molecule is COC(=O)c1ccc(C2C3=C(N=c4s/c(=C/c5cccs5)c(=O)n42)c2ccccc2CC3)cc1. The number of carbonyl (C=O) groups excluding carboxylic acids is 1. The van der Waals surface area contributed by atoms with Gasteiger partial charge in [-0.15, -0.1) is 11.3 Å². The fraction of sp³-hybridized carbons (Fsp3) is 0.148. The number of esters is 1. The van der Waals surface area contributed by atoms with Crippen LogP contribution in [0.2, 0.25) is 0 Å². The molecule has 2 aromatic heterocycles. The summed E-state index contributed by atoms with van der Waals surface area (Å²) in [7, 11) is 1.37. The van der Waals surface area contributed by atoms with Gasteiger partial charge in [-0.05, 0) is 59.2 Å². The van der Waals surface area contributed by atoms with Crippen molar-refractivity contribution in [3.63, 3.8) is 0 Å². The van der Waals surface area contributed by atoms with Gasteiger partial charge < -0.3 is 4.74 Å². The maximum Gasteiger partial charge on any atom is 0.337 e. The first kappa shape index (κ1) is 21.0. The molecule has 5 nitrogen and oxygen atoms in total. The minimum absolute atomic E-state index is 0.0374. The van der Waals surface area contributed by atoms with E-state index in [2.05, 4.69) is 18.2 Å². The number of allylic oxidation sites excluding steroid dienone is 1. The summed E-state index contributed by atoms with van der Waals surface area (Å²) in [5.74, 6) is -0.377. The van der Waals surface area contributed by atoms with Crippen molar-refractivity contribution in [2.24, 2.45) is 4.99 Å². The van der Waals surface area contributed by atoms with Crippen LogP contribution >= 0.6 is 22.7 Å². The van der Waals surface area contributed by atoms with Gasteiger partial charge in [-0.3, -0.25) is 9.36 Å². The third kappa shape index (κ3) is 3.40. The van der Waals surface area contributed by atoms with E-state index in [9.17, 15) is 9.59 Å². The summed E-state index contributed by atoms with van der Waals surface area (Å²) < 4.78 is 7.35. The number of hydrogen-bond donors (Lipinski definition) is 0. The molecule has 0 N–H and O–H groups in total. The van der Waals surface area contributed by atoms with Crippen LogP contribution in [-0.4, -0.2) is 17.6 Å². The third-order valence-electron chi connectivity index (χ3n) is 6.34. The summed E-state index contributed by atoms with van der Waals surface area (Å²) >= 11 is 3.03. The van der Waals surface area contributed by atoms with Gasteiger partial charge in [0.2, 0.25) is 0 Å². The molecule has 168 valence electrons. The van der Waals surface area contributed by atoms with Gasteiger partial charge in [0, 0.05) is 10.4 Å². The largest absolute Gasteiger partial charge is 0.465 e. The van der Waals surface area contributed by atoms with Crippen molar-refractivity contribution in [2.45, 2.75) is 18.9 Å². The average molecular weight is 485 g/mol. The van der Waals surface area contributed by atoms with Gasteiger partial charge in [0.25, 0.3) is 5.56 Å². The first-order chi connectivity index (χ1) is 16.6. The van der Waals surface area contributed by atoms with E-state index in [1.807, 2.05) is 46.4 Å². The number of thiophene rings is 1. The van der Waals surface area contributed by atoms with Crippen molar-refractivity contribution in [1.82, 2.24) is 4.57 Å². The lowest BCUT2D eigenvalue weighted by Gasteiger charge is -2.30. The molecule has 1 aliphatic carbocycles. The van der Waals surface area contributed by atoms with Crippen LogP contribution in [0, 0.1) is 0 Å². The smallest absolute Gasteiger partial charge is 0.337 e. The number of ether oxygens (including phenoxy) is 1. The summed E-state index contributed by atoms with van der Waals surface area (Å²) in [6, 6.07) is 19.5. The Labute approximate surface area is 203 Å². The summed E-state index contributed by atoms with van der Waals surface area (Å²) in [5, 5.41) is 2.00. The Bertz CT molecular complexity index is 1620. The van der Waals surface area contributed by atoms with Crippen LogP contribution in [0.3, 0.4) is 0 Å². The Morgan fingerprint density at radius 3 is 2.68 bits per heavy atom. The Morgan fingerprint density at radius 2 is 1.91 bits per heavy atom. The second-order valence-corrected chi connectivity index (χ2v) is 10.2. The predicted octanol–water partition coefficient (Wildman–Crippen LogP) is 4.17. The maximum absolute atomic E-state index is 13.7. The number of methoxy groups -OCH3 is 1. The predicted molar refractivity (Wildman–Crippen MR) is 135 cm³/mol. The van der Waals surface area contributed by atoms with Crippen LogP contribution in [-0.2, 0) is 11.2 Å². The summed E-state index contributed by atoms with van der Waals surface area (Å²) in [4.78, 5) is 32.4. The number of fused-ring (bicyclic) bond motifs is 3.